The van der Waals surface area contributed by atoms with Gasteiger partial charge < -0.3 is 20.8 Å². The molecule has 20 heavy (non-hydrogen) atoms. The summed E-state index contributed by atoms with van der Waals surface area (Å²) >= 11 is 0. The Hall–Kier alpha value is -1.79. The van der Waals surface area contributed by atoms with E-state index in [0.717, 1.165) is 31.5 Å². The number of aliphatic hydroxyl groups is 1. The predicted octanol–water partition coefficient (Wildman–Crippen LogP) is 0.746. The highest BCUT2D eigenvalue weighted by atomic mass is 16.5. The number of oxime groups is 1. The molecule has 1 fully saturated rings. The molecule has 0 bridgehead atoms. The highest BCUT2D eigenvalue weighted by Crippen LogP contribution is 2.23. The molecule has 1 aromatic carbocycles. The zero-order valence-electron chi connectivity index (χ0n) is 11.6. The fourth-order valence-electron chi connectivity index (χ4n) is 2.65. The number of nitrogens with zero attached hydrogens (tertiary/aromatic N) is 2. The van der Waals surface area contributed by atoms with Crippen molar-refractivity contribution in [2.75, 3.05) is 20.3 Å². The molecular formula is C14H21N3O3. The Balaban J connectivity index is 2.20. The first-order chi connectivity index (χ1) is 9.69. The molecule has 4 N–H and O–H groups in total. The topological polar surface area (TPSA) is 91.3 Å². The second kappa shape index (κ2) is 6.58. The number of aliphatic hydroxyl groups excluding tert-OH is 1. The van der Waals surface area contributed by atoms with Crippen LogP contribution in [0.25, 0.3) is 0 Å². The third-order valence-corrected chi connectivity index (χ3v) is 3.74. The van der Waals surface area contributed by atoms with Crippen molar-refractivity contribution < 1.29 is 15.1 Å². The van der Waals surface area contributed by atoms with Gasteiger partial charge in [-0.25, -0.2) is 0 Å². The molecule has 0 radical (unpaired) electrons. The summed E-state index contributed by atoms with van der Waals surface area (Å²) in [6.45, 7) is 1.90. The summed E-state index contributed by atoms with van der Waals surface area (Å²) in [5.41, 5.74) is 7.29. The van der Waals surface area contributed by atoms with E-state index in [1.807, 2.05) is 18.2 Å². The van der Waals surface area contributed by atoms with E-state index in [9.17, 15) is 5.11 Å². The van der Waals surface area contributed by atoms with Crippen molar-refractivity contribution in [3.05, 3.63) is 29.3 Å². The lowest BCUT2D eigenvalue weighted by Crippen LogP contribution is -2.31. The first-order valence-corrected chi connectivity index (χ1v) is 6.69. The van der Waals surface area contributed by atoms with Gasteiger partial charge in [0.1, 0.15) is 5.75 Å². The molecule has 0 spiro atoms. The van der Waals surface area contributed by atoms with Crippen molar-refractivity contribution in [3.63, 3.8) is 0 Å². The maximum atomic E-state index is 9.34. The Morgan fingerprint density at radius 2 is 2.35 bits per heavy atom. The maximum Gasteiger partial charge on any atom is 0.173 e. The van der Waals surface area contributed by atoms with Crippen LogP contribution in [0.15, 0.2) is 23.4 Å². The van der Waals surface area contributed by atoms with Crippen LogP contribution < -0.4 is 10.5 Å². The molecule has 0 aromatic heterocycles. The Bertz CT molecular complexity index is 491. The lowest BCUT2D eigenvalue weighted by Gasteiger charge is -2.23. The Labute approximate surface area is 118 Å². The molecule has 1 aliphatic rings. The van der Waals surface area contributed by atoms with Gasteiger partial charge in [0.15, 0.2) is 5.84 Å². The Morgan fingerprint density at radius 1 is 1.55 bits per heavy atom. The maximum absolute atomic E-state index is 9.34. The zero-order valence-corrected chi connectivity index (χ0v) is 11.6. The molecule has 2 rings (SSSR count). The number of rotatable bonds is 5. The summed E-state index contributed by atoms with van der Waals surface area (Å²) in [7, 11) is 1.55. The van der Waals surface area contributed by atoms with Crippen LogP contribution in [0.3, 0.4) is 0 Å². The van der Waals surface area contributed by atoms with Crippen LogP contribution in [-0.2, 0) is 6.54 Å². The lowest BCUT2D eigenvalue weighted by atomic mass is 10.1. The minimum absolute atomic E-state index is 0.0313. The van der Waals surface area contributed by atoms with E-state index >= 15 is 0 Å². The second-order valence-electron chi connectivity index (χ2n) is 4.97. The monoisotopic (exact) mass is 279 g/mol. The molecular weight excluding hydrogens is 258 g/mol. The van der Waals surface area contributed by atoms with Gasteiger partial charge in [0, 0.05) is 12.6 Å². The summed E-state index contributed by atoms with van der Waals surface area (Å²) in [5.74, 6) is 0.605. The molecule has 1 saturated heterocycles. The SMILES string of the molecule is COc1ccc(CN2CCCC2CO)cc1C(N)=NO. The van der Waals surface area contributed by atoms with Crippen molar-refractivity contribution in [2.24, 2.45) is 10.9 Å². The van der Waals surface area contributed by atoms with E-state index < -0.39 is 0 Å². The number of methoxy groups -OCH3 is 1. The van der Waals surface area contributed by atoms with Gasteiger partial charge in [-0.15, -0.1) is 0 Å². The molecule has 1 aromatic rings. The van der Waals surface area contributed by atoms with E-state index in [1.165, 1.54) is 0 Å². The van der Waals surface area contributed by atoms with Gasteiger partial charge in [0.05, 0.1) is 19.3 Å². The first kappa shape index (κ1) is 14.6. The quantitative estimate of drug-likeness (QED) is 0.320. The molecule has 0 amide bonds. The second-order valence-corrected chi connectivity index (χ2v) is 4.97. The average molecular weight is 279 g/mol. The van der Waals surface area contributed by atoms with Gasteiger partial charge >= 0.3 is 0 Å². The van der Waals surface area contributed by atoms with Crippen molar-refractivity contribution in [1.29, 1.82) is 0 Å². The fourth-order valence-corrected chi connectivity index (χ4v) is 2.65. The van der Waals surface area contributed by atoms with Crippen LogP contribution in [-0.4, -0.2) is 47.4 Å². The lowest BCUT2D eigenvalue weighted by molar-refractivity contribution is 0.153. The molecule has 1 aliphatic heterocycles. The fraction of sp³-hybridized carbons (Fsp3) is 0.500. The van der Waals surface area contributed by atoms with Crippen LogP contribution in [0.5, 0.6) is 5.75 Å². The molecule has 1 atom stereocenters. The molecule has 1 unspecified atom stereocenters. The van der Waals surface area contributed by atoms with E-state index in [-0.39, 0.29) is 18.5 Å². The van der Waals surface area contributed by atoms with Gasteiger partial charge in [0.25, 0.3) is 0 Å². The van der Waals surface area contributed by atoms with E-state index in [1.54, 1.807) is 7.11 Å². The van der Waals surface area contributed by atoms with E-state index in [4.69, 9.17) is 15.7 Å². The number of hydrogen-bond acceptors (Lipinski definition) is 5. The van der Waals surface area contributed by atoms with Gasteiger partial charge in [-0.2, -0.15) is 0 Å². The minimum atomic E-state index is 0.0313. The standard InChI is InChI=1S/C14H21N3O3/c1-20-13-5-4-10(7-12(13)14(15)16-19)8-17-6-2-3-11(17)9-18/h4-5,7,11,18-19H,2-3,6,8-9H2,1H3,(H2,15,16). The smallest absolute Gasteiger partial charge is 0.173 e. The third-order valence-electron chi connectivity index (χ3n) is 3.74. The minimum Gasteiger partial charge on any atom is -0.496 e. The molecule has 6 heteroatoms. The van der Waals surface area contributed by atoms with Gasteiger partial charge in [-0.05, 0) is 37.1 Å². The first-order valence-electron chi connectivity index (χ1n) is 6.69. The normalized spacial score (nSPS) is 20.3. The molecule has 6 nitrogen and oxygen atoms in total. The number of hydrogen-bond donors (Lipinski definition) is 3. The highest BCUT2D eigenvalue weighted by Gasteiger charge is 2.23. The number of nitrogens with two attached hydrogens (primary N) is 1. The van der Waals surface area contributed by atoms with Crippen LogP contribution >= 0.6 is 0 Å². The molecule has 1 heterocycles. The number of ether oxygens (including phenoxy) is 1. The Morgan fingerprint density at radius 3 is 3.00 bits per heavy atom. The number of amidine groups is 1. The summed E-state index contributed by atoms with van der Waals surface area (Å²) < 4.78 is 5.21. The molecule has 0 aliphatic carbocycles. The number of likely N-dealkylation sites (tertiary alicyclic amines) is 1. The average Bonchev–Trinajstić information content (AvgIpc) is 2.93. The van der Waals surface area contributed by atoms with Crippen molar-refractivity contribution >= 4 is 5.84 Å². The van der Waals surface area contributed by atoms with Crippen LogP contribution in [0.1, 0.15) is 24.0 Å². The summed E-state index contributed by atoms with van der Waals surface area (Å²) in [5, 5.41) is 21.2. The largest absolute Gasteiger partial charge is 0.496 e. The van der Waals surface area contributed by atoms with E-state index in [2.05, 4.69) is 10.1 Å². The third kappa shape index (κ3) is 3.02. The van der Waals surface area contributed by atoms with Crippen molar-refractivity contribution in [1.82, 2.24) is 4.90 Å². The molecule has 0 saturated carbocycles. The van der Waals surface area contributed by atoms with Crippen molar-refractivity contribution in [2.45, 2.75) is 25.4 Å². The van der Waals surface area contributed by atoms with E-state index in [0.29, 0.717) is 11.3 Å². The predicted molar refractivity (Wildman–Crippen MR) is 76.0 cm³/mol. The van der Waals surface area contributed by atoms with Gasteiger partial charge in [-0.1, -0.05) is 11.2 Å². The summed E-state index contributed by atoms with van der Waals surface area (Å²) in [6.07, 6.45) is 2.13. The zero-order chi connectivity index (χ0) is 14.5. The highest BCUT2D eigenvalue weighted by molar-refractivity contribution is 5.99. The van der Waals surface area contributed by atoms with Crippen molar-refractivity contribution in [3.8, 4) is 5.75 Å². The van der Waals surface area contributed by atoms with Crippen LogP contribution in [0.4, 0.5) is 0 Å². The van der Waals surface area contributed by atoms with Gasteiger partial charge in [0.2, 0.25) is 0 Å². The van der Waals surface area contributed by atoms with Crippen LogP contribution in [0.2, 0.25) is 0 Å². The molecule has 110 valence electrons. The Kier molecular flexibility index (Phi) is 4.81. The summed E-state index contributed by atoms with van der Waals surface area (Å²) in [6, 6.07) is 5.86. The van der Waals surface area contributed by atoms with Crippen LogP contribution in [0, 0.1) is 0 Å². The number of benzene rings is 1. The summed E-state index contributed by atoms with van der Waals surface area (Å²) in [4.78, 5) is 2.25. The van der Waals surface area contributed by atoms with Gasteiger partial charge in [-0.3, -0.25) is 4.90 Å².